The molecule has 2 heteroatoms. The summed E-state index contributed by atoms with van der Waals surface area (Å²) in [7, 11) is 1.67. The number of hydrogen-bond acceptors (Lipinski definition) is 2. The van der Waals surface area contributed by atoms with Crippen molar-refractivity contribution in [3.05, 3.63) is 28.8 Å². The third-order valence-corrected chi connectivity index (χ3v) is 3.02. The molecule has 1 N–H and O–H groups in total. The fourth-order valence-electron chi connectivity index (χ4n) is 2.19. The van der Waals surface area contributed by atoms with E-state index < -0.39 is 0 Å². The van der Waals surface area contributed by atoms with Crippen molar-refractivity contribution in [1.82, 2.24) is 0 Å². The third-order valence-electron chi connectivity index (χ3n) is 3.02. The molecule has 0 bridgehead atoms. The van der Waals surface area contributed by atoms with Gasteiger partial charge >= 0.3 is 0 Å². The second-order valence-corrected chi connectivity index (χ2v) is 5.04. The summed E-state index contributed by atoms with van der Waals surface area (Å²) in [6.07, 6.45) is 3.37. The summed E-state index contributed by atoms with van der Waals surface area (Å²) < 4.78 is 0. The van der Waals surface area contributed by atoms with Gasteiger partial charge in [-0.25, -0.2) is 0 Å². The molecule has 0 heterocycles. The molecule has 0 aromatic heterocycles. The van der Waals surface area contributed by atoms with Gasteiger partial charge < -0.3 is 0 Å². The van der Waals surface area contributed by atoms with Gasteiger partial charge in [0.2, 0.25) is 0 Å². The molecule has 0 saturated carbocycles. The van der Waals surface area contributed by atoms with Gasteiger partial charge in [0.25, 0.3) is 0 Å². The second kappa shape index (κ2) is 6.65. The predicted molar refractivity (Wildman–Crippen MR) is 74.3 cm³/mol. The standard InChI is InChI=1S/C15H25NO/c1-6-7-13-8-9-14(10-11(2)3)12(4)15(13)16-17-5/h8-9,11,16H,6-7,10H2,1-5H3. The fourth-order valence-corrected chi connectivity index (χ4v) is 2.19. The molecule has 17 heavy (non-hydrogen) atoms. The summed E-state index contributed by atoms with van der Waals surface area (Å²) in [6.45, 7) is 8.89. The van der Waals surface area contributed by atoms with Crippen LogP contribution in [0.25, 0.3) is 0 Å². The Morgan fingerprint density at radius 3 is 2.41 bits per heavy atom. The van der Waals surface area contributed by atoms with E-state index in [0.29, 0.717) is 5.92 Å². The molecule has 2 nitrogen and oxygen atoms in total. The lowest BCUT2D eigenvalue weighted by molar-refractivity contribution is 0.270. The molecule has 1 aromatic rings. The van der Waals surface area contributed by atoms with E-state index in [9.17, 15) is 0 Å². The summed E-state index contributed by atoms with van der Waals surface area (Å²) in [4.78, 5) is 5.11. The second-order valence-electron chi connectivity index (χ2n) is 5.04. The van der Waals surface area contributed by atoms with Gasteiger partial charge in [-0.15, -0.1) is 0 Å². The molecule has 0 atom stereocenters. The Morgan fingerprint density at radius 1 is 1.24 bits per heavy atom. The van der Waals surface area contributed by atoms with Crippen molar-refractivity contribution in [2.75, 3.05) is 12.6 Å². The number of hydrogen-bond donors (Lipinski definition) is 1. The van der Waals surface area contributed by atoms with Gasteiger partial charge in [-0.2, -0.15) is 0 Å². The SMILES string of the molecule is CCCc1ccc(CC(C)C)c(C)c1NOC. The predicted octanol–water partition coefficient (Wildman–Crippen LogP) is 4.12. The van der Waals surface area contributed by atoms with Crippen LogP contribution in [-0.4, -0.2) is 7.11 Å². The maximum absolute atomic E-state index is 5.11. The van der Waals surface area contributed by atoms with Crippen molar-refractivity contribution >= 4 is 5.69 Å². The Labute approximate surface area is 105 Å². The highest BCUT2D eigenvalue weighted by atomic mass is 16.6. The van der Waals surface area contributed by atoms with E-state index in [0.717, 1.165) is 24.9 Å². The van der Waals surface area contributed by atoms with E-state index in [1.54, 1.807) is 7.11 Å². The number of benzene rings is 1. The number of rotatable bonds is 6. The van der Waals surface area contributed by atoms with Crippen LogP contribution >= 0.6 is 0 Å². The van der Waals surface area contributed by atoms with Gasteiger partial charge in [0.15, 0.2) is 0 Å². The Balaban J connectivity index is 3.08. The Morgan fingerprint density at radius 2 is 1.88 bits per heavy atom. The van der Waals surface area contributed by atoms with Crippen molar-refractivity contribution in [3.8, 4) is 0 Å². The first-order valence-corrected chi connectivity index (χ1v) is 6.50. The lowest BCUT2D eigenvalue weighted by Gasteiger charge is -2.17. The Bertz CT molecular complexity index is 358. The quantitative estimate of drug-likeness (QED) is 0.749. The maximum Gasteiger partial charge on any atom is 0.0668 e. The number of anilines is 1. The van der Waals surface area contributed by atoms with Crippen molar-refractivity contribution in [3.63, 3.8) is 0 Å². The van der Waals surface area contributed by atoms with Crippen LogP contribution in [0.4, 0.5) is 5.69 Å². The highest BCUT2D eigenvalue weighted by Crippen LogP contribution is 2.27. The zero-order valence-corrected chi connectivity index (χ0v) is 11.8. The van der Waals surface area contributed by atoms with Crippen molar-refractivity contribution in [1.29, 1.82) is 0 Å². The molecule has 0 amide bonds. The van der Waals surface area contributed by atoms with Crippen LogP contribution in [0.5, 0.6) is 0 Å². The van der Waals surface area contributed by atoms with Crippen LogP contribution in [0, 0.1) is 12.8 Å². The first kappa shape index (κ1) is 14.0. The van der Waals surface area contributed by atoms with Gasteiger partial charge in [-0.1, -0.05) is 39.3 Å². The summed E-state index contributed by atoms with van der Waals surface area (Å²) in [6, 6.07) is 4.50. The lowest BCUT2D eigenvalue weighted by Crippen LogP contribution is -2.06. The lowest BCUT2D eigenvalue weighted by atomic mass is 9.94. The summed E-state index contributed by atoms with van der Waals surface area (Å²) in [5, 5.41) is 0. The molecule has 0 saturated heterocycles. The van der Waals surface area contributed by atoms with Crippen LogP contribution in [0.3, 0.4) is 0 Å². The number of nitrogens with one attached hydrogen (secondary N) is 1. The molecule has 0 spiro atoms. The van der Waals surface area contributed by atoms with E-state index in [2.05, 4.69) is 45.3 Å². The minimum Gasteiger partial charge on any atom is -0.279 e. The minimum absolute atomic E-state index is 0.682. The van der Waals surface area contributed by atoms with Gasteiger partial charge in [0.05, 0.1) is 12.8 Å². The monoisotopic (exact) mass is 235 g/mol. The average molecular weight is 235 g/mol. The Hall–Kier alpha value is -1.02. The molecule has 1 rings (SSSR count). The smallest absolute Gasteiger partial charge is 0.0668 e. The third kappa shape index (κ3) is 3.74. The van der Waals surface area contributed by atoms with E-state index in [1.165, 1.54) is 16.7 Å². The minimum atomic E-state index is 0.682. The van der Waals surface area contributed by atoms with Gasteiger partial charge in [-0.3, -0.25) is 10.3 Å². The molecule has 1 aromatic carbocycles. The summed E-state index contributed by atoms with van der Waals surface area (Å²) >= 11 is 0. The fraction of sp³-hybridized carbons (Fsp3) is 0.600. The van der Waals surface area contributed by atoms with E-state index >= 15 is 0 Å². The van der Waals surface area contributed by atoms with Crippen LogP contribution in [0.15, 0.2) is 12.1 Å². The molecule has 0 aliphatic carbocycles. The van der Waals surface area contributed by atoms with Gasteiger partial charge in [0, 0.05) is 0 Å². The average Bonchev–Trinajstić information content (AvgIpc) is 2.27. The molecule has 0 aliphatic rings. The highest BCUT2D eigenvalue weighted by molar-refractivity contribution is 5.59. The van der Waals surface area contributed by atoms with Gasteiger partial charge in [0.1, 0.15) is 0 Å². The molecular weight excluding hydrogens is 210 g/mol. The molecule has 0 aliphatic heterocycles. The molecule has 96 valence electrons. The molecule has 0 radical (unpaired) electrons. The summed E-state index contributed by atoms with van der Waals surface area (Å²) in [5.41, 5.74) is 8.29. The first-order valence-electron chi connectivity index (χ1n) is 6.50. The van der Waals surface area contributed by atoms with Crippen molar-refractivity contribution in [2.24, 2.45) is 5.92 Å². The van der Waals surface area contributed by atoms with Gasteiger partial charge in [-0.05, 0) is 42.4 Å². The molecule has 0 unspecified atom stereocenters. The van der Waals surface area contributed by atoms with Crippen molar-refractivity contribution < 1.29 is 4.84 Å². The number of aryl methyl sites for hydroxylation is 1. The summed E-state index contributed by atoms with van der Waals surface area (Å²) in [5.74, 6) is 0.682. The largest absolute Gasteiger partial charge is 0.279 e. The van der Waals surface area contributed by atoms with Crippen molar-refractivity contribution in [2.45, 2.75) is 47.0 Å². The zero-order chi connectivity index (χ0) is 12.8. The first-order chi connectivity index (χ1) is 8.10. The Kier molecular flexibility index (Phi) is 5.49. The normalized spacial score (nSPS) is 10.9. The van der Waals surface area contributed by atoms with E-state index in [-0.39, 0.29) is 0 Å². The zero-order valence-electron chi connectivity index (χ0n) is 11.8. The van der Waals surface area contributed by atoms with E-state index in [4.69, 9.17) is 4.84 Å². The van der Waals surface area contributed by atoms with Crippen LogP contribution in [0.2, 0.25) is 0 Å². The van der Waals surface area contributed by atoms with Crippen LogP contribution in [0.1, 0.15) is 43.9 Å². The molecular formula is C15H25NO. The topological polar surface area (TPSA) is 21.3 Å². The van der Waals surface area contributed by atoms with Crippen LogP contribution < -0.4 is 5.48 Å². The van der Waals surface area contributed by atoms with Crippen LogP contribution in [-0.2, 0) is 17.7 Å². The van der Waals surface area contributed by atoms with E-state index in [1.807, 2.05) is 0 Å². The molecule has 0 fully saturated rings. The highest BCUT2D eigenvalue weighted by Gasteiger charge is 2.10. The maximum atomic E-state index is 5.11.